The van der Waals surface area contributed by atoms with Crippen LogP contribution in [0.1, 0.15) is 17.0 Å². The molecule has 0 saturated carbocycles. The zero-order chi connectivity index (χ0) is 18.0. The Morgan fingerprint density at radius 1 is 1.16 bits per heavy atom. The van der Waals surface area contributed by atoms with Gasteiger partial charge in [0.2, 0.25) is 10.0 Å². The highest BCUT2D eigenvalue weighted by Gasteiger charge is 2.23. The van der Waals surface area contributed by atoms with Gasteiger partial charge < -0.3 is 4.52 Å². The summed E-state index contributed by atoms with van der Waals surface area (Å²) in [5, 5.41) is 7.85. The summed E-state index contributed by atoms with van der Waals surface area (Å²) in [7, 11) is -1.74. The van der Waals surface area contributed by atoms with Crippen LogP contribution in [0.25, 0.3) is 11.1 Å². The number of aromatic nitrogens is 3. The minimum absolute atomic E-state index is 0.124. The van der Waals surface area contributed by atoms with Gasteiger partial charge in [0.25, 0.3) is 0 Å². The molecule has 0 aliphatic heterocycles. The van der Waals surface area contributed by atoms with Crippen LogP contribution in [-0.4, -0.2) is 29.9 Å². The largest absolute Gasteiger partial charge is 0.360 e. The molecule has 25 heavy (non-hydrogen) atoms. The smallest absolute Gasteiger partial charge is 0.245 e. The SMILES string of the molecule is Cc1noc(C)c1S(=O)(=O)NCCc1ccc(-c2cnn(C)c2)cc1. The van der Waals surface area contributed by atoms with Crippen molar-refractivity contribution >= 4 is 10.0 Å². The van der Waals surface area contributed by atoms with Gasteiger partial charge >= 0.3 is 0 Å². The van der Waals surface area contributed by atoms with Crippen molar-refractivity contribution in [3.05, 3.63) is 53.7 Å². The molecule has 8 heteroatoms. The molecule has 132 valence electrons. The molecule has 2 aromatic heterocycles. The number of hydrogen-bond acceptors (Lipinski definition) is 5. The molecule has 2 heterocycles. The first-order valence-electron chi connectivity index (χ1n) is 7.87. The number of aryl methyl sites for hydroxylation is 3. The van der Waals surface area contributed by atoms with E-state index in [1.54, 1.807) is 18.5 Å². The maximum Gasteiger partial charge on any atom is 0.245 e. The van der Waals surface area contributed by atoms with Crippen LogP contribution in [0.3, 0.4) is 0 Å². The first-order chi connectivity index (χ1) is 11.9. The third kappa shape index (κ3) is 3.80. The molecule has 3 aromatic rings. The van der Waals surface area contributed by atoms with E-state index in [-0.39, 0.29) is 4.90 Å². The van der Waals surface area contributed by atoms with Gasteiger partial charge in [-0.25, -0.2) is 13.1 Å². The number of nitrogens with zero attached hydrogens (tertiary/aromatic N) is 3. The molecule has 0 aliphatic carbocycles. The van der Waals surface area contributed by atoms with E-state index in [1.165, 1.54) is 0 Å². The van der Waals surface area contributed by atoms with Crippen molar-refractivity contribution in [2.24, 2.45) is 7.05 Å². The molecule has 0 radical (unpaired) electrons. The Hall–Kier alpha value is -2.45. The lowest BCUT2D eigenvalue weighted by Crippen LogP contribution is -2.26. The van der Waals surface area contributed by atoms with Gasteiger partial charge in [-0.3, -0.25) is 4.68 Å². The van der Waals surface area contributed by atoms with Crippen LogP contribution in [0.5, 0.6) is 0 Å². The molecule has 0 saturated heterocycles. The van der Waals surface area contributed by atoms with E-state index in [0.29, 0.717) is 24.4 Å². The van der Waals surface area contributed by atoms with Crippen molar-refractivity contribution in [2.45, 2.75) is 25.2 Å². The second-order valence-electron chi connectivity index (χ2n) is 5.90. The maximum absolute atomic E-state index is 12.3. The Bertz CT molecular complexity index is 952. The van der Waals surface area contributed by atoms with E-state index in [4.69, 9.17) is 4.52 Å². The number of benzene rings is 1. The predicted molar refractivity (Wildman–Crippen MR) is 93.5 cm³/mol. The molecule has 0 unspecified atom stereocenters. The van der Waals surface area contributed by atoms with Gasteiger partial charge in [-0.2, -0.15) is 5.10 Å². The van der Waals surface area contributed by atoms with Gasteiger partial charge in [0.15, 0.2) is 5.76 Å². The fourth-order valence-corrected chi connectivity index (χ4v) is 4.05. The summed E-state index contributed by atoms with van der Waals surface area (Å²) in [5.41, 5.74) is 3.54. The van der Waals surface area contributed by atoms with Crippen LogP contribution in [0.2, 0.25) is 0 Å². The summed E-state index contributed by atoms with van der Waals surface area (Å²) < 4.78 is 34.0. The average molecular weight is 360 g/mol. The maximum atomic E-state index is 12.3. The standard InChI is InChI=1S/C17H20N4O3S/c1-12-17(13(2)24-20-12)25(22,23)19-9-8-14-4-6-15(7-5-14)16-10-18-21(3)11-16/h4-7,10-11,19H,8-9H2,1-3H3. The van der Waals surface area contributed by atoms with Gasteiger partial charge in [0.05, 0.1) is 6.20 Å². The van der Waals surface area contributed by atoms with E-state index >= 15 is 0 Å². The van der Waals surface area contributed by atoms with Crippen molar-refractivity contribution in [3.8, 4) is 11.1 Å². The summed E-state index contributed by atoms with van der Waals surface area (Å²) in [5.74, 6) is 0.297. The van der Waals surface area contributed by atoms with Gasteiger partial charge in [-0.05, 0) is 31.4 Å². The van der Waals surface area contributed by atoms with Gasteiger partial charge in [-0.1, -0.05) is 29.4 Å². The van der Waals surface area contributed by atoms with Crippen molar-refractivity contribution in [1.29, 1.82) is 0 Å². The molecule has 0 atom stereocenters. The lowest BCUT2D eigenvalue weighted by Gasteiger charge is -2.07. The molecule has 1 N–H and O–H groups in total. The highest BCUT2D eigenvalue weighted by molar-refractivity contribution is 7.89. The molecule has 7 nitrogen and oxygen atoms in total. The van der Waals surface area contributed by atoms with Gasteiger partial charge in [0, 0.05) is 25.4 Å². The van der Waals surface area contributed by atoms with Crippen molar-refractivity contribution < 1.29 is 12.9 Å². The monoisotopic (exact) mass is 360 g/mol. The van der Waals surface area contributed by atoms with Crippen LogP contribution in [0, 0.1) is 13.8 Å². The number of hydrogen-bond donors (Lipinski definition) is 1. The zero-order valence-corrected chi connectivity index (χ0v) is 15.2. The third-order valence-corrected chi connectivity index (χ3v) is 5.64. The fourth-order valence-electron chi connectivity index (χ4n) is 2.69. The molecule has 0 spiro atoms. The second kappa shape index (κ2) is 6.81. The van der Waals surface area contributed by atoms with Crippen LogP contribution >= 0.6 is 0 Å². The molecule has 0 bridgehead atoms. The summed E-state index contributed by atoms with van der Waals surface area (Å²) >= 11 is 0. The van der Waals surface area contributed by atoms with Crippen molar-refractivity contribution in [3.63, 3.8) is 0 Å². The van der Waals surface area contributed by atoms with E-state index in [0.717, 1.165) is 16.7 Å². The lowest BCUT2D eigenvalue weighted by molar-refractivity contribution is 0.390. The van der Waals surface area contributed by atoms with Crippen LogP contribution in [-0.2, 0) is 23.5 Å². The first-order valence-corrected chi connectivity index (χ1v) is 9.35. The van der Waals surface area contributed by atoms with Gasteiger partial charge in [-0.15, -0.1) is 0 Å². The Kier molecular flexibility index (Phi) is 4.73. The molecule has 3 rings (SSSR count). The Morgan fingerprint density at radius 3 is 2.44 bits per heavy atom. The van der Waals surface area contributed by atoms with Crippen LogP contribution in [0.15, 0.2) is 46.1 Å². The van der Waals surface area contributed by atoms with E-state index in [2.05, 4.69) is 15.0 Å². The van der Waals surface area contributed by atoms with E-state index in [9.17, 15) is 8.42 Å². The summed E-state index contributed by atoms with van der Waals surface area (Å²) in [6, 6.07) is 8.00. The molecule has 0 aliphatic rings. The van der Waals surface area contributed by atoms with E-state index < -0.39 is 10.0 Å². The summed E-state index contributed by atoms with van der Waals surface area (Å²) in [6.07, 6.45) is 4.36. The number of rotatable bonds is 6. The highest BCUT2D eigenvalue weighted by atomic mass is 32.2. The predicted octanol–water partition coefficient (Wildman–Crippen LogP) is 2.21. The number of nitrogens with one attached hydrogen (secondary N) is 1. The molecule has 0 amide bonds. The Balaban J connectivity index is 1.62. The fraction of sp³-hybridized carbons (Fsp3) is 0.294. The Labute approximate surface area is 146 Å². The molecule has 0 fully saturated rings. The zero-order valence-electron chi connectivity index (χ0n) is 14.4. The molecular weight excluding hydrogens is 340 g/mol. The second-order valence-corrected chi connectivity index (χ2v) is 7.60. The Morgan fingerprint density at radius 2 is 1.88 bits per heavy atom. The topological polar surface area (TPSA) is 90.0 Å². The lowest BCUT2D eigenvalue weighted by atomic mass is 10.1. The van der Waals surface area contributed by atoms with Crippen LogP contribution in [0.4, 0.5) is 0 Å². The summed E-state index contributed by atoms with van der Waals surface area (Å²) in [4.78, 5) is 0.124. The summed E-state index contributed by atoms with van der Waals surface area (Å²) in [6.45, 7) is 3.51. The average Bonchev–Trinajstić information content (AvgIpc) is 3.14. The van der Waals surface area contributed by atoms with Crippen molar-refractivity contribution in [2.75, 3.05) is 6.54 Å². The highest BCUT2D eigenvalue weighted by Crippen LogP contribution is 2.20. The minimum Gasteiger partial charge on any atom is -0.360 e. The van der Waals surface area contributed by atoms with Crippen LogP contribution < -0.4 is 4.72 Å². The minimum atomic E-state index is -3.61. The third-order valence-electron chi connectivity index (χ3n) is 3.93. The quantitative estimate of drug-likeness (QED) is 0.728. The van der Waals surface area contributed by atoms with Crippen molar-refractivity contribution in [1.82, 2.24) is 19.7 Å². The number of sulfonamides is 1. The van der Waals surface area contributed by atoms with E-state index in [1.807, 2.05) is 43.7 Å². The molecule has 1 aromatic carbocycles. The normalized spacial score (nSPS) is 11.8. The van der Waals surface area contributed by atoms with Gasteiger partial charge in [0.1, 0.15) is 10.6 Å². The first kappa shape index (κ1) is 17.4. The molecular formula is C17H20N4O3S.